The minimum Gasteiger partial charge on any atom is -0.862 e. The van der Waals surface area contributed by atoms with E-state index in [9.17, 15) is 20.1 Å². The Morgan fingerprint density at radius 3 is 2.44 bits per heavy atom. The average Bonchev–Trinajstić information content (AvgIpc) is 2.24. The Kier molecular flexibility index (Phi) is 6.82. The smallest absolute Gasteiger partial charge is 0.862 e. The summed E-state index contributed by atoms with van der Waals surface area (Å²) in [7, 11) is 0. The summed E-state index contributed by atoms with van der Waals surface area (Å²) in [6.45, 7) is 0.381. The Hall–Kier alpha value is -0.640. The van der Waals surface area contributed by atoms with Crippen LogP contribution in [0, 0.1) is 0 Å². The second kappa shape index (κ2) is 7.07. The molecule has 18 heavy (non-hydrogen) atoms. The predicted molar refractivity (Wildman–Crippen MR) is 51.7 cm³/mol. The molecular formula is C9H12NNaO7. The van der Waals surface area contributed by atoms with Gasteiger partial charge in [0.15, 0.2) is 6.10 Å². The van der Waals surface area contributed by atoms with Crippen LogP contribution in [0.1, 0.15) is 6.92 Å². The van der Waals surface area contributed by atoms with Crippen molar-refractivity contribution in [2.24, 2.45) is 4.99 Å². The van der Waals surface area contributed by atoms with Crippen LogP contribution in [0.3, 0.4) is 0 Å². The van der Waals surface area contributed by atoms with Gasteiger partial charge in [0.2, 0.25) is 5.76 Å². The molecule has 1 heterocycles. The minimum absolute atomic E-state index is 0. The van der Waals surface area contributed by atoms with Crippen LogP contribution >= 0.6 is 0 Å². The first-order valence-corrected chi connectivity index (χ1v) is 4.72. The minimum atomic E-state index is -1.70. The number of aliphatic imine (C=N–C) groups is 1. The van der Waals surface area contributed by atoms with Gasteiger partial charge in [0.25, 0.3) is 0 Å². The molecule has 0 unspecified atom stereocenters. The van der Waals surface area contributed by atoms with Crippen LogP contribution in [0.15, 0.2) is 16.4 Å². The van der Waals surface area contributed by atoms with Gasteiger partial charge in [0.05, 0.1) is 6.61 Å². The molecule has 1 aliphatic heterocycles. The second-order valence-corrected chi connectivity index (χ2v) is 3.42. The quantitative estimate of drug-likeness (QED) is 0.227. The number of aliphatic carboxylic acids is 1. The number of aliphatic hydroxyl groups excluding tert-OH is 3. The van der Waals surface area contributed by atoms with Gasteiger partial charge in [-0.05, 0) is 12.8 Å². The molecule has 0 bridgehead atoms. The van der Waals surface area contributed by atoms with Gasteiger partial charge in [-0.1, -0.05) is 0 Å². The topological polar surface area (TPSA) is 143 Å². The van der Waals surface area contributed by atoms with E-state index in [-0.39, 0.29) is 29.6 Å². The third-order valence-corrected chi connectivity index (χ3v) is 2.14. The van der Waals surface area contributed by atoms with E-state index in [1.165, 1.54) is 0 Å². The summed E-state index contributed by atoms with van der Waals surface area (Å²) in [5, 5.41) is 47.5. The molecule has 0 saturated carbocycles. The fraction of sp³-hybridized carbons (Fsp3) is 0.556. The van der Waals surface area contributed by atoms with E-state index >= 15 is 0 Å². The maximum absolute atomic E-state index is 10.8. The number of rotatable bonds is 3. The third kappa shape index (κ3) is 3.67. The van der Waals surface area contributed by atoms with Crippen molar-refractivity contribution < 1.29 is 64.6 Å². The number of carboxylic acids is 1. The maximum Gasteiger partial charge on any atom is 1.00 e. The van der Waals surface area contributed by atoms with E-state index < -0.39 is 48.2 Å². The molecular weight excluding hydrogens is 257 g/mol. The number of hydrogen-bond donors (Lipinski definition) is 4. The molecule has 0 fully saturated rings. The molecule has 1 rings (SSSR count). The van der Waals surface area contributed by atoms with Crippen LogP contribution in [0.25, 0.3) is 0 Å². The predicted octanol–water partition coefficient (Wildman–Crippen LogP) is -5.82. The van der Waals surface area contributed by atoms with Gasteiger partial charge in [0, 0.05) is 0 Å². The van der Waals surface area contributed by atoms with E-state index in [0.717, 1.165) is 6.92 Å². The molecule has 4 N–H and O–H groups in total. The summed E-state index contributed by atoms with van der Waals surface area (Å²) >= 11 is 0. The van der Waals surface area contributed by atoms with Crippen molar-refractivity contribution in [1.82, 2.24) is 0 Å². The van der Waals surface area contributed by atoms with E-state index in [4.69, 9.17) is 14.9 Å². The maximum atomic E-state index is 10.8. The molecule has 0 spiro atoms. The Morgan fingerprint density at radius 2 is 2.06 bits per heavy atom. The molecule has 0 amide bonds. The van der Waals surface area contributed by atoms with E-state index in [1.54, 1.807) is 0 Å². The number of carboxylic acid groups (broad SMARTS) is 1. The summed E-state index contributed by atoms with van der Waals surface area (Å²) in [4.78, 5) is 14.1. The number of ether oxygens (including phenoxy) is 1. The second-order valence-electron chi connectivity index (χ2n) is 3.42. The zero-order valence-electron chi connectivity index (χ0n) is 9.90. The molecule has 9 heteroatoms. The fourth-order valence-electron chi connectivity index (χ4n) is 1.37. The summed E-state index contributed by atoms with van der Waals surface area (Å²) in [5.74, 6) is -3.04. The van der Waals surface area contributed by atoms with E-state index in [0.29, 0.717) is 0 Å². The van der Waals surface area contributed by atoms with Crippen molar-refractivity contribution in [2.45, 2.75) is 25.2 Å². The zero-order chi connectivity index (χ0) is 13.2. The molecule has 1 aliphatic rings. The zero-order valence-corrected chi connectivity index (χ0v) is 11.9. The molecule has 0 saturated heterocycles. The number of carbonyl (C=O) groups is 1. The van der Waals surface area contributed by atoms with Crippen molar-refractivity contribution >= 4 is 11.9 Å². The first kappa shape index (κ1) is 17.4. The van der Waals surface area contributed by atoms with Gasteiger partial charge in [-0.25, -0.2) is 4.79 Å². The molecule has 0 aromatic heterocycles. The van der Waals surface area contributed by atoms with Crippen molar-refractivity contribution in [3.63, 3.8) is 0 Å². The molecule has 0 aromatic rings. The molecule has 8 nitrogen and oxygen atoms in total. The van der Waals surface area contributed by atoms with Gasteiger partial charge < -0.3 is 30.3 Å². The summed E-state index contributed by atoms with van der Waals surface area (Å²) < 4.78 is 4.77. The van der Waals surface area contributed by atoms with Crippen molar-refractivity contribution in [3.05, 3.63) is 11.5 Å². The number of aliphatic hydroxyl groups is 3. The van der Waals surface area contributed by atoms with E-state index in [1.807, 2.05) is 0 Å². The van der Waals surface area contributed by atoms with Crippen LogP contribution in [0.5, 0.6) is 0 Å². The Labute approximate surface area is 125 Å². The summed E-state index contributed by atoms with van der Waals surface area (Å²) in [6.07, 6.45) is -4.53. The third-order valence-electron chi connectivity index (χ3n) is 2.14. The summed E-state index contributed by atoms with van der Waals surface area (Å²) in [5.41, 5.74) is -0.554. The van der Waals surface area contributed by atoms with Gasteiger partial charge in [-0.3, -0.25) is 4.99 Å². The largest absolute Gasteiger partial charge is 1.00 e. The number of nitrogens with zero attached hydrogens (tertiary/aromatic N) is 1. The molecule has 0 radical (unpaired) electrons. The van der Waals surface area contributed by atoms with Crippen molar-refractivity contribution in [3.8, 4) is 0 Å². The van der Waals surface area contributed by atoms with E-state index in [2.05, 4.69) is 4.99 Å². The van der Waals surface area contributed by atoms with Crippen LogP contribution in [-0.4, -0.2) is 57.2 Å². The standard InChI is InChI=1S/C9H13NO7.Na/c1-3(12)10-5-7(14)6(13)4(2-11)17-8(5)9(15)16;/h4,6-7,11,13-14H,2H2,1H3,(H,10,12)(H,15,16);/q;+1/p-1/t4-,6-,7-;/m1./s1. The summed E-state index contributed by atoms with van der Waals surface area (Å²) in [6, 6.07) is 0. The van der Waals surface area contributed by atoms with Gasteiger partial charge in [-0.2, -0.15) is 0 Å². The van der Waals surface area contributed by atoms with Crippen LogP contribution in [0.2, 0.25) is 0 Å². The van der Waals surface area contributed by atoms with Crippen LogP contribution in [0.4, 0.5) is 0 Å². The molecule has 3 atom stereocenters. The first-order valence-electron chi connectivity index (χ1n) is 4.72. The molecule has 0 aliphatic carbocycles. The first-order chi connectivity index (χ1) is 7.88. The Morgan fingerprint density at radius 1 is 1.50 bits per heavy atom. The Bertz CT molecular complexity index is 377. The molecule has 96 valence electrons. The average molecular weight is 269 g/mol. The van der Waals surface area contributed by atoms with Crippen molar-refractivity contribution in [2.75, 3.05) is 6.61 Å². The van der Waals surface area contributed by atoms with Crippen LogP contribution in [-0.2, 0) is 9.53 Å². The van der Waals surface area contributed by atoms with Crippen LogP contribution < -0.4 is 34.7 Å². The van der Waals surface area contributed by atoms with Crippen molar-refractivity contribution in [1.29, 1.82) is 0 Å². The van der Waals surface area contributed by atoms with Gasteiger partial charge >= 0.3 is 35.5 Å². The molecule has 0 aromatic carbocycles. The van der Waals surface area contributed by atoms with Gasteiger partial charge in [-0.15, -0.1) is 0 Å². The Balaban J connectivity index is 0.00000289. The normalized spacial score (nSPS) is 28.4. The fourth-order valence-corrected chi connectivity index (χ4v) is 1.37. The van der Waals surface area contributed by atoms with Gasteiger partial charge in [0.1, 0.15) is 17.9 Å². The number of hydrogen-bond acceptors (Lipinski definition) is 7. The SMILES string of the molecule is CC([O-])=NC1=C(C(=O)O)O[C@H](CO)[C@@H](O)[C@@H]1O.[Na+]. The monoisotopic (exact) mass is 269 g/mol.